The van der Waals surface area contributed by atoms with Crippen molar-refractivity contribution in [2.75, 3.05) is 26.2 Å². The van der Waals surface area contributed by atoms with E-state index in [1.165, 1.54) is 0 Å². The highest BCUT2D eigenvalue weighted by atomic mass is 16.3. The molecule has 1 aliphatic heterocycles. The summed E-state index contributed by atoms with van der Waals surface area (Å²) >= 11 is 0. The van der Waals surface area contributed by atoms with Gasteiger partial charge in [-0.2, -0.15) is 0 Å². The number of β-amino-alcohol motifs (C(OH)–C–C–N with tert-alkyl or cyclic N) is 1. The van der Waals surface area contributed by atoms with Crippen LogP contribution in [-0.2, 0) is 0 Å². The molecule has 98 valence electrons. The van der Waals surface area contributed by atoms with Gasteiger partial charge < -0.3 is 15.3 Å². The molecule has 2 N–H and O–H groups in total. The quantitative estimate of drug-likeness (QED) is 0.831. The first-order chi connectivity index (χ1) is 8.79. The molecular weight excluding hydrogens is 228 g/mol. The molecule has 1 saturated heterocycles. The van der Waals surface area contributed by atoms with E-state index in [1.807, 2.05) is 30.3 Å². The van der Waals surface area contributed by atoms with Crippen molar-refractivity contribution >= 4 is 5.91 Å². The van der Waals surface area contributed by atoms with E-state index in [9.17, 15) is 4.79 Å². The van der Waals surface area contributed by atoms with Crippen LogP contribution in [0.15, 0.2) is 30.3 Å². The van der Waals surface area contributed by atoms with Gasteiger partial charge in [-0.25, -0.2) is 0 Å². The lowest BCUT2D eigenvalue weighted by atomic mass is 10.0. The Morgan fingerprint density at radius 1 is 1.28 bits per heavy atom. The summed E-state index contributed by atoms with van der Waals surface area (Å²) in [5, 5.41) is 11.9. The topological polar surface area (TPSA) is 52.6 Å². The zero-order valence-corrected chi connectivity index (χ0v) is 10.5. The number of nitrogens with one attached hydrogen (secondary N) is 1. The zero-order valence-electron chi connectivity index (χ0n) is 10.5. The third kappa shape index (κ3) is 3.55. The van der Waals surface area contributed by atoms with E-state index in [2.05, 4.69) is 10.2 Å². The largest absolute Gasteiger partial charge is 0.395 e. The Kier molecular flexibility index (Phi) is 4.73. The molecule has 4 nitrogen and oxygen atoms in total. The summed E-state index contributed by atoms with van der Waals surface area (Å²) < 4.78 is 0. The van der Waals surface area contributed by atoms with Crippen molar-refractivity contribution in [1.29, 1.82) is 0 Å². The number of aliphatic hydroxyl groups excluding tert-OH is 1. The van der Waals surface area contributed by atoms with Gasteiger partial charge in [0, 0.05) is 31.2 Å². The van der Waals surface area contributed by atoms with Crippen LogP contribution in [-0.4, -0.2) is 48.2 Å². The molecule has 1 amide bonds. The second kappa shape index (κ2) is 6.52. The minimum absolute atomic E-state index is 0.0104. The van der Waals surface area contributed by atoms with Crippen LogP contribution in [0.4, 0.5) is 0 Å². The standard InChI is InChI=1S/C14H20N2O2/c17-11-10-16-8-6-13(7-9-16)15-14(18)12-4-2-1-3-5-12/h1-5,13,17H,6-11H2,(H,15,18). The highest BCUT2D eigenvalue weighted by molar-refractivity contribution is 5.94. The molecular formula is C14H20N2O2. The van der Waals surface area contributed by atoms with E-state index >= 15 is 0 Å². The minimum atomic E-state index is 0.0104. The fourth-order valence-electron chi connectivity index (χ4n) is 2.30. The lowest BCUT2D eigenvalue weighted by molar-refractivity contribution is 0.0903. The van der Waals surface area contributed by atoms with Crippen molar-refractivity contribution in [3.63, 3.8) is 0 Å². The Hall–Kier alpha value is -1.39. The smallest absolute Gasteiger partial charge is 0.251 e. The maximum Gasteiger partial charge on any atom is 0.251 e. The summed E-state index contributed by atoms with van der Waals surface area (Å²) in [5.41, 5.74) is 0.718. The van der Waals surface area contributed by atoms with Crippen molar-refractivity contribution < 1.29 is 9.90 Å². The Bertz CT molecular complexity index is 373. The van der Waals surface area contributed by atoms with Gasteiger partial charge in [-0.15, -0.1) is 0 Å². The molecule has 0 aliphatic carbocycles. The first-order valence-corrected chi connectivity index (χ1v) is 6.48. The van der Waals surface area contributed by atoms with Crippen LogP contribution in [0.3, 0.4) is 0 Å². The van der Waals surface area contributed by atoms with E-state index in [1.54, 1.807) is 0 Å². The second-order valence-electron chi connectivity index (χ2n) is 4.68. The molecule has 1 aromatic carbocycles. The summed E-state index contributed by atoms with van der Waals surface area (Å²) in [4.78, 5) is 14.2. The lowest BCUT2D eigenvalue weighted by Crippen LogP contribution is -2.45. The van der Waals surface area contributed by atoms with Crippen LogP contribution in [0.5, 0.6) is 0 Å². The van der Waals surface area contributed by atoms with Gasteiger partial charge in [0.25, 0.3) is 5.91 Å². The van der Waals surface area contributed by atoms with Crippen LogP contribution >= 0.6 is 0 Å². The molecule has 0 aromatic heterocycles. The van der Waals surface area contributed by atoms with Crippen molar-refractivity contribution in [1.82, 2.24) is 10.2 Å². The number of hydrogen-bond donors (Lipinski definition) is 2. The van der Waals surface area contributed by atoms with Gasteiger partial charge in [0.1, 0.15) is 0 Å². The van der Waals surface area contributed by atoms with Gasteiger partial charge in [-0.3, -0.25) is 4.79 Å². The molecule has 1 heterocycles. The van der Waals surface area contributed by atoms with Gasteiger partial charge in [0.05, 0.1) is 6.61 Å². The number of piperidine rings is 1. The van der Waals surface area contributed by atoms with E-state index in [4.69, 9.17) is 5.11 Å². The molecule has 1 aliphatic rings. The van der Waals surface area contributed by atoms with Crippen LogP contribution in [0.1, 0.15) is 23.2 Å². The number of carbonyl (C=O) groups is 1. The Morgan fingerprint density at radius 2 is 1.94 bits per heavy atom. The number of aliphatic hydroxyl groups is 1. The Morgan fingerprint density at radius 3 is 2.56 bits per heavy atom. The van der Waals surface area contributed by atoms with E-state index in [0.29, 0.717) is 0 Å². The zero-order chi connectivity index (χ0) is 12.8. The van der Waals surface area contributed by atoms with Gasteiger partial charge in [0.2, 0.25) is 0 Å². The van der Waals surface area contributed by atoms with Crippen LogP contribution in [0.2, 0.25) is 0 Å². The minimum Gasteiger partial charge on any atom is -0.395 e. The highest BCUT2D eigenvalue weighted by Crippen LogP contribution is 2.10. The number of benzene rings is 1. The second-order valence-corrected chi connectivity index (χ2v) is 4.68. The molecule has 18 heavy (non-hydrogen) atoms. The lowest BCUT2D eigenvalue weighted by Gasteiger charge is -2.31. The summed E-state index contributed by atoms with van der Waals surface area (Å²) in [7, 11) is 0. The third-order valence-electron chi connectivity index (χ3n) is 3.38. The Balaban J connectivity index is 1.80. The number of carbonyl (C=O) groups excluding carboxylic acids is 1. The van der Waals surface area contributed by atoms with Crippen LogP contribution in [0.25, 0.3) is 0 Å². The molecule has 2 rings (SSSR count). The van der Waals surface area contributed by atoms with E-state index < -0.39 is 0 Å². The molecule has 0 atom stereocenters. The number of hydrogen-bond acceptors (Lipinski definition) is 3. The van der Waals surface area contributed by atoms with E-state index in [0.717, 1.165) is 38.0 Å². The predicted molar refractivity (Wildman–Crippen MR) is 70.5 cm³/mol. The van der Waals surface area contributed by atoms with Gasteiger partial charge >= 0.3 is 0 Å². The highest BCUT2D eigenvalue weighted by Gasteiger charge is 2.20. The summed E-state index contributed by atoms with van der Waals surface area (Å²) in [6.07, 6.45) is 1.91. The summed E-state index contributed by atoms with van der Waals surface area (Å²) in [6.45, 7) is 2.83. The van der Waals surface area contributed by atoms with E-state index in [-0.39, 0.29) is 18.6 Å². The third-order valence-corrected chi connectivity index (χ3v) is 3.38. The predicted octanol–water partition coefficient (Wildman–Crippen LogP) is 0.873. The van der Waals surface area contributed by atoms with Crippen molar-refractivity contribution in [2.24, 2.45) is 0 Å². The van der Waals surface area contributed by atoms with Crippen molar-refractivity contribution in [3.8, 4) is 0 Å². The molecule has 0 bridgehead atoms. The van der Waals surface area contributed by atoms with Crippen LogP contribution in [0, 0.1) is 0 Å². The summed E-state index contributed by atoms with van der Waals surface area (Å²) in [6, 6.07) is 9.57. The van der Waals surface area contributed by atoms with Gasteiger partial charge in [-0.05, 0) is 25.0 Å². The molecule has 0 saturated carbocycles. The fraction of sp³-hybridized carbons (Fsp3) is 0.500. The molecule has 4 heteroatoms. The first kappa shape index (κ1) is 13.1. The van der Waals surface area contributed by atoms with Crippen molar-refractivity contribution in [2.45, 2.75) is 18.9 Å². The maximum absolute atomic E-state index is 12.0. The van der Waals surface area contributed by atoms with Gasteiger partial charge in [-0.1, -0.05) is 18.2 Å². The van der Waals surface area contributed by atoms with Crippen LogP contribution < -0.4 is 5.32 Å². The number of likely N-dealkylation sites (tertiary alicyclic amines) is 1. The number of nitrogens with zero attached hydrogens (tertiary/aromatic N) is 1. The van der Waals surface area contributed by atoms with Gasteiger partial charge in [0.15, 0.2) is 0 Å². The SMILES string of the molecule is O=C(NC1CCN(CCO)CC1)c1ccccc1. The molecule has 1 aromatic rings. The summed E-state index contributed by atoms with van der Waals surface area (Å²) in [5.74, 6) is 0.0104. The molecule has 0 radical (unpaired) electrons. The monoisotopic (exact) mass is 248 g/mol. The molecule has 0 unspecified atom stereocenters. The maximum atomic E-state index is 12.0. The average Bonchev–Trinajstić information content (AvgIpc) is 2.42. The number of rotatable bonds is 4. The Labute approximate surface area is 108 Å². The molecule has 0 spiro atoms. The normalized spacial score (nSPS) is 17.6. The average molecular weight is 248 g/mol. The van der Waals surface area contributed by atoms with Crippen molar-refractivity contribution in [3.05, 3.63) is 35.9 Å². The number of amides is 1. The first-order valence-electron chi connectivity index (χ1n) is 6.48. The molecule has 1 fully saturated rings. The fourth-order valence-corrected chi connectivity index (χ4v) is 2.30.